The highest BCUT2D eigenvalue weighted by Gasteiger charge is 2.37. The predicted molar refractivity (Wildman–Crippen MR) is 72.2 cm³/mol. The zero-order valence-corrected chi connectivity index (χ0v) is 12.1. The third kappa shape index (κ3) is 4.28. The van der Waals surface area contributed by atoms with Gasteiger partial charge in [0.25, 0.3) is 0 Å². The van der Waals surface area contributed by atoms with Crippen molar-refractivity contribution in [3.63, 3.8) is 0 Å². The molecule has 2 amide bonds. The highest BCUT2D eigenvalue weighted by Crippen LogP contribution is 2.33. The monoisotopic (exact) mass is 304 g/mol. The van der Waals surface area contributed by atoms with E-state index < -0.39 is 17.8 Å². The van der Waals surface area contributed by atoms with Crippen LogP contribution in [0, 0.1) is 11.8 Å². The molecule has 0 spiro atoms. The van der Waals surface area contributed by atoms with E-state index in [2.05, 4.69) is 5.32 Å². The zero-order chi connectivity index (χ0) is 15.6. The van der Waals surface area contributed by atoms with Crippen molar-refractivity contribution in [2.45, 2.75) is 51.0 Å². The number of carbonyl (C=O) groups excluding carboxylic acids is 1. The second-order valence-electron chi connectivity index (χ2n) is 6.36. The number of likely N-dealkylation sites (tertiary alicyclic amines) is 1. The van der Waals surface area contributed by atoms with Crippen LogP contribution in [-0.2, 0) is 4.79 Å². The fourth-order valence-corrected chi connectivity index (χ4v) is 3.15. The van der Waals surface area contributed by atoms with Gasteiger partial charge in [0.05, 0.1) is 5.92 Å². The average Bonchev–Trinajstić information content (AvgIpc) is 2.40. The topological polar surface area (TPSA) is 69.6 Å². The number of carboxylic acids is 1. The summed E-state index contributed by atoms with van der Waals surface area (Å²) >= 11 is 0. The Bertz CT molecular complexity index is 407. The van der Waals surface area contributed by atoms with Crippen LogP contribution in [0.25, 0.3) is 0 Å². The second-order valence-corrected chi connectivity index (χ2v) is 6.36. The average molecular weight is 304 g/mol. The van der Waals surface area contributed by atoms with E-state index in [4.69, 9.17) is 5.11 Å². The van der Waals surface area contributed by atoms with Crippen LogP contribution in [0.2, 0.25) is 0 Å². The van der Waals surface area contributed by atoms with Crippen molar-refractivity contribution in [3.8, 4) is 0 Å². The molecule has 0 aromatic carbocycles. The minimum atomic E-state index is -2.62. The minimum Gasteiger partial charge on any atom is -0.481 e. The van der Waals surface area contributed by atoms with Crippen molar-refractivity contribution in [1.29, 1.82) is 0 Å². The number of nitrogens with zero attached hydrogens (tertiary/aromatic N) is 1. The molecule has 1 heterocycles. The fourth-order valence-electron chi connectivity index (χ4n) is 3.15. The third-order valence-electron chi connectivity index (χ3n) is 4.34. The second kappa shape index (κ2) is 6.15. The first-order chi connectivity index (χ1) is 9.77. The molecule has 7 heteroatoms. The van der Waals surface area contributed by atoms with Gasteiger partial charge < -0.3 is 15.3 Å². The van der Waals surface area contributed by atoms with Crippen LogP contribution in [0.5, 0.6) is 0 Å². The third-order valence-corrected chi connectivity index (χ3v) is 4.34. The summed E-state index contributed by atoms with van der Waals surface area (Å²) in [5, 5.41) is 11.9. The lowest BCUT2D eigenvalue weighted by Gasteiger charge is -2.36. The van der Waals surface area contributed by atoms with E-state index in [-0.39, 0.29) is 50.2 Å². The van der Waals surface area contributed by atoms with Crippen LogP contribution >= 0.6 is 0 Å². The van der Waals surface area contributed by atoms with E-state index >= 15 is 0 Å². The number of halogens is 2. The SMILES string of the molecule is CC1CC(C(=O)O)CN(C(=O)NC2CCC(F)(F)CC2)C1. The molecule has 5 nitrogen and oxygen atoms in total. The molecule has 2 fully saturated rings. The van der Waals surface area contributed by atoms with Crippen molar-refractivity contribution in [2.24, 2.45) is 11.8 Å². The van der Waals surface area contributed by atoms with Gasteiger partial charge in [-0.2, -0.15) is 0 Å². The van der Waals surface area contributed by atoms with E-state index in [1.807, 2.05) is 6.92 Å². The summed E-state index contributed by atoms with van der Waals surface area (Å²) in [4.78, 5) is 24.8. The van der Waals surface area contributed by atoms with Crippen LogP contribution < -0.4 is 5.32 Å². The van der Waals surface area contributed by atoms with Gasteiger partial charge in [0.2, 0.25) is 5.92 Å². The Hall–Kier alpha value is -1.40. The van der Waals surface area contributed by atoms with Gasteiger partial charge in [-0.15, -0.1) is 0 Å². The summed E-state index contributed by atoms with van der Waals surface area (Å²) in [6, 6.07) is -0.569. The number of urea groups is 1. The van der Waals surface area contributed by atoms with E-state index in [9.17, 15) is 18.4 Å². The molecule has 0 aromatic rings. The smallest absolute Gasteiger partial charge is 0.317 e. The molecule has 21 heavy (non-hydrogen) atoms. The van der Waals surface area contributed by atoms with Gasteiger partial charge >= 0.3 is 12.0 Å². The van der Waals surface area contributed by atoms with Crippen LogP contribution in [-0.4, -0.2) is 47.1 Å². The van der Waals surface area contributed by atoms with Gasteiger partial charge in [0, 0.05) is 32.0 Å². The molecule has 0 aromatic heterocycles. The molecule has 0 bridgehead atoms. The highest BCUT2D eigenvalue weighted by molar-refractivity contribution is 5.76. The number of carbonyl (C=O) groups is 2. The number of rotatable bonds is 2. The summed E-state index contributed by atoms with van der Waals surface area (Å²) in [5.74, 6) is -3.93. The lowest BCUT2D eigenvalue weighted by Crippen LogP contribution is -2.52. The Morgan fingerprint density at radius 1 is 1.24 bits per heavy atom. The van der Waals surface area contributed by atoms with Gasteiger partial charge in [-0.3, -0.25) is 4.79 Å². The molecule has 2 aliphatic rings. The molecular weight excluding hydrogens is 282 g/mol. The van der Waals surface area contributed by atoms with Crippen molar-refractivity contribution in [3.05, 3.63) is 0 Å². The predicted octanol–water partition coefficient (Wildman–Crippen LogP) is 2.32. The number of hydrogen-bond donors (Lipinski definition) is 2. The molecule has 2 atom stereocenters. The zero-order valence-electron chi connectivity index (χ0n) is 12.1. The molecule has 1 aliphatic carbocycles. The van der Waals surface area contributed by atoms with Crippen LogP contribution in [0.3, 0.4) is 0 Å². The number of amides is 2. The Balaban J connectivity index is 1.86. The largest absolute Gasteiger partial charge is 0.481 e. The first-order valence-corrected chi connectivity index (χ1v) is 7.43. The van der Waals surface area contributed by atoms with Gasteiger partial charge in [-0.1, -0.05) is 6.92 Å². The number of carboxylic acid groups (broad SMARTS) is 1. The van der Waals surface area contributed by atoms with Crippen LogP contribution in [0.4, 0.5) is 13.6 Å². The maximum absolute atomic E-state index is 13.1. The molecule has 2 rings (SSSR count). The molecule has 120 valence electrons. The number of nitrogens with one attached hydrogen (secondary N) is 1. The lowest BCUT2D eigenvalue weighted by atomic mass is 9.90. The lowest BCUT2D eigenvalue weighted by molar-refractivity contribution is -0.143. The first kappa shape index (κ1) is 16.0. The molecule has 2 unspecified atom stereocenters. The van der Waals surface area contributed by atoms with Crippen molar-refractivity contribution in [2.75, 3.05) is 13.1 Å². The van der Waals surface area contributed by atoms with E-state index in [0.717, 1.165) is 0 Å². The molecule has 1 saturated heterocycles. The Labute approximate surface area is 122 Å². The van der Waals surface area contributed by atoms with Crippen LogP contribution in [0.1, 0.15) is 39.0 Å². The summed E-state index contributed by atoms with van der Waals surface area (Å²) in [6.45, 7) is 2.61. The van der Waals surface area contributed by atoms with Crippen molar-refractivity contribution < 1.29 is 23.5 Å². The molecule has 2 N–H and O–H groups in total. The van der Waals surface area contributed by atoms with E-state index in [0.29, 0.717) is 13.0 Å². The van der Waals surface area contributed by atoms with Gasteiger partial charge in [-0.25, -0.2) is 13.6 Å². The standard InChI is InChI=1S/C14H22F2N2O3/c1-9-6-10(12(19)20)8-18(7-9)13(21)17-11-2-4-14(15,16)5-3-11/h9-11H,2-8H2,1H3,(H,17,21)(H,19,20). The molecule has 1 saturated carbocycles. The Morgan fingerprint density at radius 3 is 2.43 bits per heavy atom. The molecular formula is C14H22F2N2O3. The Morgan fingerprint density at radius 2 is 1.86 bits per heavy atom. The normalized spacial score (nSPS) is 30.0. The van der Waals surface area contributed by atoms with Gasteiger partial charge in [0.1, 0.15) is 0 Å². The first-order valence-electron chi connectivity index (χ1n) is 7.43. The van der Waals surface area contributed by atoms with E-state index in [1.165, 1.54) is 4.90 Å². The van der Waals surface area contributed by atoms with Gasteiger partial charge in [0.15, 0.2) is 0 Å². The maximum atomic E-state index is 13.1. The van der Waals surface area contributed by atoms with Crippen molar-refractivity contribution in [1.82, 2.24) is 10.2 Å². The quantitative estimate of drug-likeness (QED) is 0.822. The maximum Gasteiger partial charge on any atom is 0.317 e. The van der Waals surface area contributed by atoms with E-state index in [1.54, 1.807) is 0 Å². The fraction of sp³-hybridized carbons (Fsp3) is 0.857. The summed E-state index contributed by atoms with van der Waals surface area (Å²) in [7, 11) is 0. The number of alkyl halides is 2. The number of hydrogen-bond acceptors (Lipinski definition) is 2. The van der Waals surface area contributed by atoms with Crippen LogP contribution in [0.15, 0.2) is 0 Å². The number of piperidine rings is 1. The Kier molecular flexibility index (Phi) is 4.68. The highest BCUT2D eigenvalue weighted by atomic mass is 19.3. The summed E-state index contributed by atoms with van der Waals surface area (Å²) < 4.78 is 26.1. The number of aliphatic carboxylic acids is 1. The van der Waals surface area contributed by atoms with Crippen molar-refractivity contribution >= 4 is 12.0 Å². The molecule has 1 aliphatic heterocycles. The molecule has 0 radical (unpaired) electrons. The summed E-state index contributed by atoms with van der Waals surface area (Å²) in [6.07, 6.45) is 0.696. The summed E-state index contributed by atoms with van der Waals surface area (Å²) in [5.41, 5.74) is 0. The van der Waals surface area contributed by atoms with Gasteiger partial charge in [-0.05, 0) is 25.2 Å². The minimum absolute atomic E-state index is 0.126.